The molecule has 0 spiro atoms. The number of carboxylic acids is 2. The van der Waals surface area contributed by atoms with Crippen LogP contribution in [-0.4, -0.2) is 22.2 Å². The fourth-order valence-electron chi connectivity index (χ4n) is 0.0167. The summed E-state index contributed by atoms with van der Waals surface area (Å²) in [4.78, 5) is 35.7. The number of carbonyl (C=O) groups is 2. The fraction of sp³-hybridized carbons (Fsp3) is 0. The molecule has 62 valence electrons. The van der Waals surface area contributed by atoms with Crippen molar-refractivity contribution in [2.24, 2.45) is 10.6 Å². The van der Waals surface area contributed by atoms with E-state index in [0.717, 1.165) is 0 Å². The minimum atomic E-state index is -1.82. The van der Waals surface area contributed by atoms with Crippen LogP contribution in [0.1, 0.15) is 0 Å². The van der Waals surface area contributed by atoms with Crippen molar-refractivity contribution in [2.75, 3.05) is 0 Å². The average Bonchev–Trinajstić information content (AvgIpc) is 1.90. The molecule has 0 aromatic heterocycles. The number of hydrogen-bond acceptors (Lipinski definition) is 6. The van der Waals surface area contributed by atoms with Crippen molar-refractivity contribution in [1.82, 2.24) is 5.53 Å². The molecule has 0 unspecified atom stereocenters. The van der Waals surface area contributed by atoms with Gasteiger partial charge in [0.2, 0.25) is 0 Å². The topological polar surface area (TPSA) is 145 Å². The average molecular weight is 165 g/mol. The van der Waals surface area contributed by atoms with Gasteiger partial charge >= 0.3 is 11.9 Å². The second-order valence-corrected chi connectivity index (χ2v) is 0.893. The zero-order chi connectivity index (χ0) is 9.28. The highest BCUT2D eigenvalue weighted by Gasteiger charge is 2.04. The number of nitrogens with zero attached hydrogens (tertiary/aromatic N) is 2. The van der Waals surface area contributed by atoms with Gasteiger partial charge in [0.25, 0.3) is 0 Å². The molecule has 11 heavy (non-hydrogen) atoms. The van der Waals surface area contributed by atoms with Crippen molar-refractivity contribution >= 4 is 11.9 Å². The number of carboxylic acid groups (broad SMARTS) is 2. The highest BCUT2D eigenvalue weighted by Crippen LogP contribution is 1.56. The molecule has 0 amide bonds. The van der Waals surface area contributed by atoms with E-state index in [0.29, 0.717) is 0 Å². The molecule has 0 radical (unpaired) electrons. The summed E-state index contributed by atoms with van der Waals surface area (Å²) in [5.74, 6) is -3.65. The Morgan fingerprint density at radius 3 is 1.27 bits per heavy atom. The summed E-state index contributed by atoms with van der Waals surface area (Å²) >= 11 is 0. The fourth-order valence-corrected chi connectivity index (χ4v) is 0.0167. The molecule has 0 atom stereocenters. The first-order valence-corrected chi connectivity index (χ1v) is 1.92. The highest BCUT2D eigenvalue weighted by atomic mass is 16.4. The van der Waals surface area contributed by atoms with Gasteiger partial charge in [-0.2, -0.15) is 0 Å². The van der Waals surface area contributed by atoms with E-state index in [1.807, 2.05) is 10.6 Å². The minimum absolute atomic E-state index is 1.25. The van der Waals surface area contributed by atoms with Crippen LogP contribution in [0.2, 0.25) is 0 Å². The molecule has 3 N–H and O–H groups in total. The zero-order valence-electron chi connectivity index (χ0n) is 4.92. The Kier molecular flexibility index (Phi) is 8.45. The Balaban J connectivity index is 0. The Morgan fingerprint density at radius 2 is 1.27 bits per heavy atom. The molecule has 0 aliphatic rings. The molecule has 9 nitrogen and oxygen atoms in total. The van der Waals surface area contributed by atoms with Crippen LogP contribution in [0.5, 0.6) is 0 Å². The van der Waals surface area contributed by atoms with Gasteiger partial charge in [-0.05, 0) is 0 Å². The van der Waals surface area contributed by atoms with Crippen LogP contribution in [0.15, 0.2) is 10.6 Å². The largest absolute Gasteiger partial charge is 0.473 e. The lowest BCUT2D eigenvalue weighted by molar-refractivity contribution is -0.159. The molecule has 0 aromatic carbocycles. The van der Waals surface area contributed by atoms with Crippen LogP contribution in [-0.2, 0) is 9.59 Å². The molecular weight excluding hydrogens is 162 g/mol. The third-order valence-electron chi connectivity index (χ3n) is 0.265. The third-order valence-corrected chi connectivity index (χ3v) is 0.265. The van der Waals surface area contributed by atoms with Gasteiger partial charge in [0.15, 0.2) is 0 Å². The quantitative estimate of drug-likeness (QED) is 0.272. The van der Waals surface area contributed by atoms with Crippen LogP contribution in [0.4, 0.5) is 0 Å². The molecular formula is C2H3N3O6. The third kappa shape index (κ3) is 18.0. The van der Waals surface area contributed by atoms with Crippen LogP contribution < -0.4 is 5.53 Å². The first-order chi connectivity index (χ1) is 5.06. The van der Waals surface area contributed by atoms with Crippen LogP contribution >= 0.6 is 0 Å². The Labute approximate surface area is 58.9 Å². The molecule has 0 rings (SSSR count). The van der Waals surface area contributed by atoms with Crippen molar-refractivity contribution in [1.29, 1.82) is 0 Å². The van der Waals surface area contributed by atoms with Gasteiger partial charge in [0.05, 0.1) is 10.6 Å². The smallest absolute Gasteiger partial charge is 0.414 e. The summed E-state index contributed by atoms with van der Waals surface area (Å²) in [6.07, 6.45) is 0. The van der Waals surface area contributed by atoms with Crippen molar-refractivity contribution in [3.63, 3.8) is 0 Å². The maximum atomic E-state index is 9.10. The van der Waals surface area contributed by atoms with E-state index in [-0.39, 0.29) is 0 Å². The second-order valence-electron chi connectivity index (χ2n) is 0.893. The highest BCUT2D eigenvalue weighted by molar-refractivity contribution is 6.27. The Hall–Kier alpha value is -2.06. The lowest BCUT2D eigenvalue weighted by Crippen LogP contribution is -2.09. The molecule has 0 aliphatic carbocycles. The van der Waals surface area contributed by atoms with Gasteiger partial charge in [-0.3, -0.25) is 0 Å². The number of hydrogen-bond donors (Lipinski definition) is 3. The van der Waals surface area contributed by atoms with Crippen molar-refractivity contribution < 1.29 is 19.8 Å². The molecule has 0 fully saturated rings. The summed E-state index contributed by atoms with van der Waals surface area (Å²) in [5.41, 5.74) is 1.25. The Bertz CT molecular complexity index is 147. The summed E-state index contributed by atoms with van der Waals surface area (Å²) in [6, 6.07) is 0. The van der Waals surface area contributed by atoms with E-state index in [1.165, 1.54) is 5.53 Å². The normalized spacial score (nSPS) is 6.55. The van der Waals surface area contributed by atoms with Gasteiger partial charge in [0, 0.05) is 0 Å². The van der Waals surface area contributed by atoms with E-state index < -0.39 is 11.9 Å². The summed E-state index contributed by atoms with van der Waals surface area (Å²) < 4.78 is 0. The van der Waals surface area contributed by atoms with E-state index in [2.05, 4.69) is 0 Å². The maximum absolute atomic E-state index is 9.10. The van der Waals surface area contributed by atoms with Crippen molar-refractivity contribution in [2.45, 2.75) is 0 Å². The molecule has 0 heterocycles. The molecule has 0 saturated heterocycles. The monoisotopic (exact) mass is 165 g/mol. The Morgan fingerprint density at radius 1 is 1.00 bits per heavy atom. The van der Waals surface area contributed by atoms with E-state index in [1.54, 1.807) is 0 Å². The summed E-state index contributed by atoms with van der Waals surface area (Å²) in [5, 5.41) is 18.5. The lowest BCUT2D eigenvalue weighted by Gasteiger charge is -1.72. The van der Waals surface area contributed by atoms with Gasteiger partial charge < -0.3 is 10.2 Å². The number of nitroso groups, excluding NO2 is 2. The molecule has 0 aromatic rings. The number of nitrogens with one attached hydrogen (secondary N) is 1. The predicted molar refractivity (Wildman–Crippen MR) is 30.0 cm³/mol. The first kappa shape index (κ1) is 11.7. The van der Waals surface area contributed by atoms with Crippen LogP contribution in [0, 0.1) is 9.81 Å². The molecule has 0 aliphatic heterocycles. The standard InChI is InChI=1S/C2H2O4.HN3O2/c3-1(4)2(5)6;4-2-1-3-5/h(H,3,4)(H,5,6);(H,1,4,5). The summed E-state index contributed by atoms with van der Waals surface area (Å²) in [7, 11) is 0. The van der Waals surface area contributed by atoms with E-state index in [4.69, 9.17) is 29.6 Å². The van der Waals surface area contributed by atoms with Gasteiger partial charge in [-0.25, -0.2) is 9.59 Å². The van der Waals surface area contributed by atoms with Crippen molar-refractivity contribution in [3.8, 4) is 0 Å². The number of aliphatic carboxylic acids is 2. The summed E-state index contributed by atoms with van der Waals surface area (Å²) in [6.45, 7) is 0. The van der Waals surface area contributed by atoms with E-state index in [9.17, 15) is 0 Å². The zero-order valence-corrected chi connectivity index (χ0v) is 4.92. The molecule has 9 heteroatoms. The predicted octanol–water partition coefficient (Wildman–Crippen LogP) is -0.906. The minimum Gasteiger partial charge on any atom is -0.473 e. The SMILES string of the molecule is O=C(O)C(=O)O.O=NNN=O. The second kappa shape index (κ2) is 7.94. The van der Waals surface area contributed by atoms with E-state index >= 15 is 0 Å². The van der Waals surface area contributed by atoms with Gasteiger partial charge in [-0.15, -0.1) is 15.3 Å². The lowest BCUT2D eigenvalue weighted by atomic mass is 10.7. The first-order valence-electron chi connectivity index (χ1n) is 1.92. The van der Waals surface area contributed by atoms with Gasteiger partial charge in [0.1, 0.15) is 0 Å². The molecule has 0 bridgehead atoms. The molecule has 0 saturated carbocycles. The van der Waals surface area contributed by atoms with Crippen molar-refractivity contribution in [3.05, 3.63) is 9.81 Å². The number of rotatable bonds is 2. The van der Waals surface area contributed by atoms with Gasteiger partial charge in [-0.1, -0.05) is 0 Å². The van der Waals surface area contributed by atoms with Crippen LogP contribution in [0.3, 0.4) is 0 Å². The van der Waals surface area contributed by atoms with Crippen LogP contribution in [0.25, 0.3) is 0 Å². The maximum Gasteiger partial charge on any atom is 0.414 e.